The molecule has 1 aromatic heterocycles. The van der Waals surface area contributed by atoms with E-state index in [0.29, 0.717) is 16.1 Å². The van der Waals surface area contributed by atoms with Gasteiger partial charge in [-0.15, -0.1) is 11.3 Å². The normalized spacial score (nSPS) is 12.0. The Kier molecular flexibility index (Phi) is 6.13. The van der Waals surface area contributed by atoms with E-state index >= 15 is 0 Å². The molecule has 2 rings (SSSR count). The number of benzene rings is 1. The number of nitriles is 1. The average Bonchev–Trinajstić information content (AvgIpc) is 3.01. The van der Waals surface area contributed by atoms with E-state index in [0.717, 1.165) is 6.26 Å². The number of nitrogens with one attached hydrogen (secondary N) is 1. The zero-order chi connectivity index (χ0) is 19.3. The third-order valence-electron chi connectivity index (χ3n) is 3.29. The van der Waals surface area contributed by atoms with Gasteiger partial charge in [0.15, 0.2) is 15.9 Å². The number of esters is 1. The molecule has 7 nitrogen and oxygen atoms in total. The summed E-state index contributed by atoms with van der Waals surface area (Å²) < 4.78 is 27.6. The number of hydrogen-bond donors (Lipinski definition) is 1. The molecule has 0 unspecified atom stereocenters. The van der Waals surface area contributed by atoms with E-state index in [1.54, 1.807) is 11.4 Å². The van der Waals surface area contributed by atoms with Crippen LogP contribution in [-0.4, -0.2) is 32.7 Å². The summed E-state index contributed by atoms with van der Waals surface area (Å²) in [5.74, 6) is -1.38. The van der Waals surface area contributed by atoms with Gasteiger partial charge in [0.1, 0.15) is 11.1 Å². The van der Waals surface area contributed by atoms with Gasteiger partial charge in [-0.3, -0.25) is 4.79 Å². The lowest BCUT2D eigenvalue weighted by molar-refractivity contribution is -0.123. The maximum atomic E-state index is 12.1. The lowest BCUT2D eigenvalue weighted by Crippen LogP contribution is -2.29. The first-order valence-electron chi connectivity index (χ1n) is 7.45. The quantitative estimate of drug-likeness (QED) is 0.755. The lowest BCUT2D eigenvalue weighted by atomic mass is 10.1. The molecule has 1 aromatic carbocycles. The molecular weight excluding hydrogens is 376 g/mol. The molecule has 136 valence electrons. The number of carbonyl (C=O) groups excluding carboxylic acids is 2. The molecular formula is C17H16N2O5S2. The summed E-state index contributed by atoms with van der Waals surface area (Å²) in [7, 11) is -3.16. The highest BCUT2D eigenvalue weighted by atomic mass is 32.2. The van der Waals surface area contributed by atoms with Crippen molar-refractivity contribution in [2.75, 3.05) is 11.6 Å². The summed E-state index contributed by atoms with van der Waals surface area (Å²) >= 11 is 1.20. The molecule has 1 heterocycles. The monoisotopic (exact) mass is 392 g/mol. The molecule has 0 radical (unpaired) electrons. The molecule has 1 N–H and O–H groups in total. The second-order valence-electron chi connectivity index (χ2n) is 5.58. The van der Waals surface area contributed by atoms with Crippen molar-refractivity contribution in [1.29, 1.82) is 5.26 Å². The Morgan fingerprint density at radius 3 is 2.50 bits per heavy atom. The maximum absolute atomic E-state index is 12.1. The Morgan fingerprint density at radius 2 is 1.92 bits per heavy atom. The van der Waals surface area contributed by atoms with E-state index in [4.69, 9.17) is 10.00 Å². The first-order chi connectivity index (χ1) is 12.2. The molecule has 0 saturated carbocycles. The second-order valence-corrected chi connectivity index (χ2v) is 8.64. The first kappa shape index (κ1) is 19.6. The first-order valence-corrected chi connectivity index (χ1v) is 10.4. The minimum absolute atomic E-state index is 0.122. The third kappa shape index (κ3) is 5.40. The standard InChI is InChI=1S/C17H16N2O5S2/c1-11(15(20)19-16-14(9-18)7-8-25-16)24-17(21)13-5-3-12(4-6-13)10-26(2,22)23/h3-8,11H,10H2,1-2H3,(H,19,20)/t11-/m0/s1. The Hall–Kier alpha value is -2.70. The minimum Gasteiger partial charge on any atom is -0.449 e. The fraction of sp³-hybridized carbons (Fsp3) is 0.235. The Bertz CT molecular complexity index is 956. The number of ether oxygens (including phenoxy) is 1. The molecule has 0 fully saturated rings. The highest BCUT2D eigenvalue weighted by Crippen LogP contribution is 2.22. The molecule has 0 aliphatic rings. The molecule has 0 bridgehead atoms. The van der Waals surface area contributed by atoms with E-state index in [2.05, 4.69) is 5.32 Å². The summed E-state index contributed by atoms with van der Waals surface area (Å²) in [4.78, 5) is 24.2. The zero-order valence-electron chi connectivity index (χ0n) is 14.1. The van der Waals surface area contributed by atoms with Crippen LogP contribution in [0.15, 0.2) is 35.7 Å². The van der Waals surface area contributed by atoms with Crippen LogP contribution in [0.4, 0.5) is 5.00 Å². The van der Waals surface area contributed by atoms with E-state index in [-0.39, 0.29) is 11.3 Å². The van der Waals surface area contributed by atoms with Gasteiger partial charge in [-0.05, 0) is 36.1 Å². The van der Waals surface area contributed by atoms with Gasteiger partial charge in [-0.2, -0.15) is 5.26 Å². The van der Waals surface area contributed by atoms with Crippen molar-refractivity contribution >= 4 is 38.1 Å². The smallest absolute Gasteiger partial charge is 0.338 e. The van der Waals surface area contributed by atoms with E-state index in [1.165, 1.54) is 42.5 Å². The van der Waals surface area contributed by atoms with Crippen molar-refractivity contribution in [2.24, 2.45) is 0 Å². The van der Waals surface area contributed by atoms with Gasteiger partial charge in [0.05, 0.1) is 16.9 Å². The molecule has 0 spiro atoms. The summed E-state index contributed by atoms with van der Waals surface area (Å²) in [5.41, 5.74) is 1.09. The van der Waals surface area contributed by atoms with Crippen molar-refractivity contribution in [3.8, 4) is 6.07 Å². The van der Waals surface area contributed by atoms with Crippen LogP contribution >= 0.6 is 11.3 Å². The van der Waals surface area contributed by atoms with Crippen LogP contribution in [0.5, 0.6) is 0 Å². The van der Waals surface area contributed by atoms with Crippen LogP contribution in [-0.2, 0) is 25.1 Å². The number of anilines is 1. The third-order valence-corrected chi connectivity index (χ3v) is 4.98. The van der Waals surface area contributed by atoms with Crippen LogP contribution in [0.3, 0.4) is 0 Å². The highest BCUT2D eigenvalue weighted by Gasteiger charge is 2.20. The Labute approximate surface area is 155 Å². The number of carbonyl (C=O) groups is 2. The van der Waals surface area contributed by atoms with Gasteiger partial charge in [0.2, 0.25) is 0 Å². The lowest BCUT2D eigenvalue weighted by Gasteiger charge is -2.13. The van der Waals surface area contributed by atoms with Crippen molar-refractivity contribution in [3.05, 3.63) is 52.4 Å². The van der Waals surface area contributed by atoms with Gasteiger partial charge in [-0.25, -0.2) is 13.2 Å². The number of thiophene rings is 1. The Morgan fingerprint density at radius 1 is 1.27 bits per heavy atom. The predicted octanol–water partition coefficient (Wildman–Crippen LogP) is 2.35. The molecule has 0 aliphatic heterocycles. The highest BCUT2D eigenvalue weighted by molar-refractivity contribution is 7.89. The molecule has 1 amide bonds. The summed E-state index contributed by atoms with van der Waals surface area (Å²) in [6, 6.07) is 9.46. The molecule has 9 heteroatoms. The van der Waals surface area contributed by atoms with Gasteiger partial charge >= 0.3 is 5.97 Å². The number of amides is 1. The average molecular weight is 392 g/mol. The van der Waals surface area contributed by atoms with E-state index < -0.39 is 27.8 Å². The number of hydrogen-bond acceptors (Lipinski definition) is 7. The fourth-order valence-corrected chi connectivity index (χ4v) is 3.57. The van der Waals surface area contributed by atoms with Crippen LogP contribution in [0.25, 0.3) is 0 Å². The van der Waals surface area contributed by atoms with Crippen LogP contribution in [0.1, 0.15) is 28.4 Å². The Balaban J connectivity index is 1.98. The SMILES string of the molecule is C[C@H](OC(=O)c1ccc(CS(C)(=O)=O)cc1)C(=O)Nc1sccc1C#N. The van der Waals surface area contributed by atoms with Crippen molar-refractivity contribution in [1.82, 2.24) is 0 Å². The minimum atomic E-state index is -3.16. The predicted molar refractivity (Wildman–Crippen MR) is 97.5 cm³/mol. The topological polar surface area (TPSA) is 113 Å². The van der Waals surface area contributed by atoms with Crippen molar-refractivity contribution in [2.45, 2.75) is 18.8 Å². The van der Waals surface area contributed by atoms with Gasteiger partial charge in [0.25, 0.3) is 5.91 Å². The number of rotatable bonds is 6. The summed E-state index contributed by atoms with van der Waals surface area (Å²) in [5, 5.41) is 13.5. The van der Waals surface area contributed by atoms with Crippen LogP contribution < -0.4 is 5.32 Å². The van der Waals surface area contributed by atoms with Crippen molar-refractivity contribution < 1.29 is 22.7 Å². The molecule has 2 aromatic rings. The zero-order valence-corrected chi connectivity index (χ0v) is 15.7. The molecule has 1 atom stereocenters. The van der Waals surface area contributed by atoms with Crippen LogP contribution in [0, 0.1) is 11.3 Å². The van der Waals surface area contributed by atoms with E-state index in [9.17, 15) is 18.0 Å². The van der Waals surface area contributed by atoms with E-state index in [1.807, 2.05) is 6.07 Å². The maximum Gasteiger partial charge on any atom is 0.338 e. The largest absolute Gasteiger partial charge is 0.449 e. The summed E-state index contributed by atoms with van der Waals surface area (Å²) in [6.07, 6.45) is 0.0627. The fourth-order valence-electron chi connectivity index (χ4n) is 2.03. The van der Waals surface area contributed by atoms with Crippen molar-refractivity contribution in [3.63, 3.8) is 0 Å². The molecule has 0 aliphatic carbocycles. The molecule has 0 saturated heterocycles. The molecule has 26 heavy (non-hydrogen) atoms. The van der Waals surface area contributed by atoms with Crippen LogP contribution in [0.2, 0.25) is 0 Å². The van der Waals surface area contributed by atoms with Gasteiger partial charge in [-0.1, -0.05) is 12.1 Å². The second kappa shape index (κ2) is 8.12. The number of sulfone groups is 1. The van der Waals surface area contributed by atoms with Gasteiger partial charge < -0.3 is 10.1 Å². The van der Waals surface area contributed by atoms with Gasteiger partial charge in [0, 0.05) is 6.26 Å². The number of nitrogens with zero attached hydrogens (tertiary/aromatic N) is 1. The summed E-state index contributed by atoms with van der Waals surface area (Å²) in [6.45, 7) is 1.42.